The Labute approximate surface area is 110 Å². The van der Waals surface area contributed by atoms with Crippen LogP contribution in [0.15, 0.2) is 0 Å². The number of hydrogen-bond donors (Lipinski definition) is 0. The van der Waals surface area contributed by atoms with E-state index in [0.29, 0.717) is 12.8 Å². The van der Waals surface area contributed by atoms with Crippen LogP contribution in [0.5, 0.6) is 0 Å². The third-order valence-corrected chi connectivity index (χ3v) is 2.77. The second-order valence-corrected chi connectivity index (χ2v) is 4.87. The van der Waals surface area contributed by atoms with Crippen LogP contribution in [0.25, 0.3) is 0 Å². The van der Waals surface area contributed by atoms with Crippen molar-refractivity contribution in [2.75, 3.05) is 13.2 Å². The Morgan fingerprint density at radius 1 is 1.00 bits per heavy atom. The van der Waals surface area contributed by atoms with Crippen molar-refractivity contribution in [2.24, 2.45) is 11.3 Å². The Kier molecular flexibility index (Phi) is 7.64. The van der Waals surface area contributed by atoms with Crippen molar-refractivity contribution in [3.8, 4) is 0 Å². The smallest absolute Gasteiger partial charge is 0.323 e. The van der Waals surface area contributed by atoms with Crippen molar-refractivity contribution in [1.29, 1.82) is 0 Å². The fraction of sp³-hybridized carbons (Fsp3) is 0.857. The van der Waals surface area contributed by atoms with Gasteiger partial charge in [-0.1, -0.05) is 27.2 Å². The van der Waals surface area contributed by atoms with Crippen molar-refractivity contribution < 1.29 is 19.1 Å². The molecule has 106 valence electrons. The van der Waals surface area contributed by atoms with E-state index >= 15 is 0 Å². The molecule has 0 amide bonds. The molecule has 4 nitrogen and oxygen atoms in total. The summed E-state index contributed by atoms with van der Waals surface area (Å²) in [5, 5.41) is 0. The Morgan fingerprint density at radius 2 is 1.44 bits per heavy atom. The van der Waals surface area contributed by atoms with E-state index in [-0.39, 0.29) is 19.1 Å². The van der Waals surface area contributed by atoms with Crippen molar-refractivity contribution in [3.63, 3.8) is 0 Å². The first-order valence-corrected chi connectivity index (χ1v) is 6.79. The summed E-state index contributed by atoms with van der Waals surface area (Å²) in [6, 6.07) is 0. The SMILES string of the molecule is CCCC(CC(C)C)(C(=O)OCC)C(=O)OCC. The average molecular weight is 258 g/mol. The topological polar surface area (TPSA) is 52.6 Å². The molecule has 18 heavy (non-hydrogen) atoms. The minimum absolute atomic E-state index is 0.227. The number of hydrogen-bond acceptors (Lipinski definition) is 4. The van der Waals surface area contributed by atoms with Gasteiger partial charge in [0.1, 0.15) is 0 Å². The Bertz CT molecular complexity index is 253. The molecule has 0 unspecified atom stereocenters. The van der Waals surface area contributed by atoms with E-state index in [9.17, 15) is 9.59 Å². The van der Waals surface area contributed by atoms with Crippen LogP contribution in [-0.4, -0.2) is 25.2 Å². The van der Waals surface area contributed by atoms with Gasteiger partial charge in [0.2, 0.25) is 0 Å². The van der Waals surface area contributed by atoms with Gasteiger partial charge >= 0.3 is 11.9 Å². The zero-order valence-corrected chi connectivity index (χ0v) is 12.2. The van der Waals surface area contributed by atoms with E-state index in [2.05, 4.69) is 0 Å². The fourth-order valence-corrected chi connectivity index (χ4v) is 2.22. The van der Waals surface area contributed by atoms with Gasteiger partial charge in [0.15, 0.2) is 5.41 Å². The molecular weight excluding hydrogens is 232 g/mol. The molecule has 0 heterocycles. The first-order chi connectivity index (χ1) is 8.44. The normalized spacial score (nSPS) is 11.4. The van der Waals surface area contributed by atoms with Crippen LogP contribution in [0.3, 0.4) is 0 Å². The molecule has 0 spiro atoms. The molecule has 0 saturated heterocycles. The number of rotatable bonds is 8. The molecule has 0 aromatic carbocycles. The highest BCUT2D eigenvalue weighted by Crippen LogP contribution is 2.35. The molecule has 0 aromatic heterocycles. The molecule has 0 aliphatic carbocycles. The maximum Gasteiger partial charge on any atom is 0.323 e. The zero-order chi connectivity index (χ0) is 14.2. The van der Waals surface area contributed by atoms with Crippen LogP contribution in [0, 0.1) is 11.3 Å². The summed E-state index contributed by atoms with van der Waals surface area (Å²) in [7, 11) is 0. The lowest BCUT2D eigenvalue weighted by molar-refractivity contribution is -0.174. The van der Waals surface area contributed by atoms with Crippen molar-refractivity contribution in [3.05, 3.63) is 0 Å². The Morgan fingerprint density at radius 3 is 1.72 bits per heavy atom. The lowest BCUT2D eigenvalue weighted by Crippen LogP contribution is -2.43. The van der Waals surface area contributed by atoms with E-state index < -0.39 is 17.4 Å². The van der Waals surface area contributed by atoms with Crippen molar-refractivity contribution in [1.82, 2.24) is 0 Å². The summed E-state index contributed by atoms with van der Waals surface area (Å²) in [5.74, 6) is -0.664. The highest BCUT2D eigenvalue weighted by atomic mass is 16.6. The number of ether oxygens (including phenoxy) is 2. The van der Waals surface area contributed by atoms with E-state index in [1.54, 1.807) is 13.8 Å². The molecule has 0 radical (unpaired) electrons. The Balaban J connectivity index is 5.25. The van der Waals surface area contributed by atoms with E-state index in [1.807, 2.05) is 20.8 Å². The summed E-state index contributed by atoms with van der Waals surface area (Å²) in [6.45, 7) is 9.98. The van der Waals surface area contributed by atoms with Gasteiger partial charge < -0.3 is 9.47 Å². The number of esters is 2. The fourth-order valence-electron chi connectivity index (χ4n) is 2.22. The first kappa shape index (κ1) is 16.9. The maximum atomic E-state index is 12.2. The molecule has 0 rings (SSSR count). The van der Waals surface area contributed by atoms with Crippen LogP contribution in [-0.2, 0) is 19.1 Å². The van der Waals surface area contributed by atoms with Crippen LogP contribution < -0.4 is 0 Å². The van der Waals surface area contributed by atoms with E-state index in [0.717, 1.165) is 6.42 Å². The van der Waals surface area contributed by atoms with Crippen LogP contribution in [0.2, 0.25) is 0 Å². The minimum atomic E-state index is -1.13. The van der Waals surface area contributed by atoms with Gasteiger partial charge in [0.05, 0.1) is 13.2 Å². The van der Waals surface area contributed by atoms with Gasteiger partial charge in [-0.2, -0.15) is 0 Å². The van der Waals surface area contributed by atoms with Crippen LogP contribution >= 0.6 is 0 Å². The van der Waals surface area contributed by atoms with Crippen molar-refractivity contribution >= 4 is 11.9 Å². The lowest BCUT2D eigenvalue weighted by Gasteiger charge is -2.30. The molecule has 0 saturated carbocycles. The second-order valence-electron chi connectivity index (χ2n) is 4.87. The summed E-state index contributed by atoms with van der Waals surface area (Å²) in [6.07, 6.45) is 1.69. The van der Waals surface area contributed by atoms with E-state index in [1.165, 1.54) is 0 Å². The molecule has 0 bridgehead atoms. The summed E-state index contributed by atoms with van der Waals surface area (Å²) in [4.78, 5) is 24.4. The number of carbonyl (C=O) groups is 2. The lowest BCUT2D eigenvalue weighted by atomic mass is 9.76. The minimum Gasteiger partial charge on any atom is -0.465 e. The van der Waals surface area contributed by atoms with Gasteiger partial charge in [-0.3, -0.25) is 9.59 Å². The highest BCUT2D eigenvalue weighted by Gasteiger charge is 2.48. The molecule has 0 aliphatic heterocycles. The highest BCUT2D eigenvalue weighted by molar-refractivity contribution is 6.00. The van der Waals surface area contributed by atoms with Crippen molar-refractivity contribution in [2.45, 2.75) is 53.9 Å². The zero-order valence-electron chi connectivity index (χ0n) is 12.2. The van der Waals surface area contributed by atoms with Crippen LogP contribution in [0.4, 0.5) is 0 Å². The standard InChI is InChI=1S/C14H26O4/c1-6-9-14(10-11(4)5,12(15)17-7-2)13(16)18-8-3/h11H,6-10H2,1-5H3. The van der Waals surface area contributed by atoms with Crippen LogP contribution in [0.1, 0.15) is 53.9 Å². The predicted octanol–water partition coefficient (Wildman–Crippen LogP) is 2.95. The molecule has 0 fully saturated rings. The molecule has 0 atom stereocenters. The van der Waals surface area contributed by atoms with E-state index in [4.69, 9.17) is 9.47 Å². The molecule has 0 N–H and O–H groups in total. The van der Waals surface area contributed by atoms with Gasteiger partial charge in [-0.05, 0) is 32.6 Å². The summed E-state index contributed by atoms with van der Waals surface area (Å²) < 4.78 is 10.2. The molecule has 0 aromatic rings. The third kappa shape index (κ3) is 4.31. The van der Waals surface area contributed by atoms with Gasteiger partial charge in [-0.15, -0.1) is 0 Å². The summed E-state index contributed by atoms with van der Waals surface area (Å²) >= 11 is 0. The average Bonchev–Trinajstić information content (AvgIpc) is 2.28. The van der Waals surface area contributed by atoms with Gasteiger partial charge in [0, 0.05) is 0 Å². The predicted molar refractivity (Wildman–Crippen MR) is 70.1 cm³/mol. The molecular formula is C14H26O4. The summed E-state index contributed by atoms with van der Waals surface area (Å²) in [5.41, 5.74) is -1.13. The molecule has 4 heteroatoms. The Hall–Kier alpha value is -1.06. The monoisotopic (exact) mass is 258 g/mol. The van der Waals surface area contributed by atoms with Gasteiger partial charge in [0.25, 0.3) is 0 Å². The molecule has 0 aliphatic rings. The third-order valence-electron chi connectivity index (χ3n) is 2.77. The number of carbonyl (C=O) groups excluding carboxylic acids is 2. The largest absolute Gasteiger partial charge is 0.465 e. The van der Waals surface area contributed by atoms with Gasteiger partial charge in [-0.25, -0.2) is 0 Å². The second kappa shape index (κ2) is 8.11. The quantitative estimate of drug-likeness (QED) is 0.496. The first-order valence-electron chi connectivity index (χ1n) is 6.79. The maximum absolute atomic E-state index is 12.2.